The van der Waals surface area contributed by atoms with E-state index in [2.05, 4.69) is 5.32 Å². The Labute approximate surface area is 102 Å². The van der Waals surface area contributed by atoms with Crippen molar-refractivity contribution in [3.05, 3.63) is 29.8 Å². The van der Waals surface area contributed by atoms with Crippen LogP contribution in [0.4, 0.5) is 0 Å². The van der Waals surface area contributed by atoms with Gasteiger partial charge in [0.1, 0.15) is 5.75 Å². The van der Waals surface area contributed by atoms with Crippen LogP contribution in [0.5, 0.6) is 5.75 Å². The van der Waals surface area contributed by atoms with E-state index in [1.807, 2.05) is 26.0 Å². The van der Waals surface area contributed by atoms with Crippen LogP contribution in [-0.2, 0) is 11.2 Å². The second-order valence-electron chi connectivity index (χ2n) is 4.13. The lowest BCUT2D eigenvalue weighted by Gasteiger charge is -2.10. The third-order valence-electron chi connectivity index (χ3n) is 2.14. The second kappa shape index (κ2) is 6.91. The molecule has 94 valence electrons. The first-order valence-corrected chi connectivity index (χ1v) is 5.74. The Morgan fingerprint density at radius 1 is 1.35 bits per heavy atom. The SMILES string of the molecule is CC(C)NC(=O)COc1ccc(CCO)cc1. The molecular weight excluding hydrogens is 218 g/mol. The van der Waals surface area contributed by atoms with Crippen LogP contribution in [0.3, 0.4) is 0 Å². The Balaban J connectivity index is 2.39. The standard InChI is InChI=1S/C13H19NO3/c1-10(2)14-13(16)9-17-12-5-3-11(4-6-12)7-8-15/h3-6,10,15H,7-9H2,1-2H3,(H,14,16). The van der Waals surface area contributed by atoms with Crippen LogP contribution in [0.25, 0.3) is 0 Å². The lowest BCUT2D eigenvalue weighted by atomic mass is 10.1. The third kappa shape index (κ3) is 5.36. The van der Waals surface area contributed by atoms with Crippen LogP contribution >= 0.6 is 0 Å². The summed E-state index contributed by atoms with van der Waals surface area (Å²) in [5, 5.41) is 11.5. The molecule has 0 aliphatic heterocycles. The van der Waals surface area contributed by atoms with Gasteiger partial charge in [0.05, 0.1) is 0 Å². The number of aliphatic hydroxyl groups excluding tert-OH is 1. The van der Waals surface area contributed by atoms with Gasteiger partial charge < -0.3 is 15.2 Å². The molecule has 0 aliphatic rings. The van der Waals surface area contributed by atoms with Crippen LogP contribution in [0, 0.1) is 0 Å². The fourth-order valence-electron chi connectivity index (χ4n) is 1.39. The van der Waals surface area contributed by atoms with E-state index in [4.69, 9.17) is 9.84 Å². The number of carbonyl (C=O) groups is 1. The highest BCUT2D eigenvalue weighted by Crippen LogP contribution is 2.12. The van der Waals surface area contributed by atoms with E-state index in [1.54, 1.807) is 12.1 Å². The van der Waals surface area contributed by atoms with Gasteiger partial charge in [-0.25, -0.2) is 0 Å². The van der Waals surface area contributed by atoms with Gasteiger partial charge in [0.15, 0.2) is 6.61 Å². The summed E-state index contributed by atoms with van der Waals surface area (Å²) < 4.78 is 5.33. The molecular formula is C13H19NO3. The molecule has 0 saturated carbocycles. The van der Waals surface area contributed by atoms with Crippen molar-refractivity contribution in [2.45, 2.75) is 26.3 Å². The van der Waals surface area contributed by atoms with Gasteiger partial charge in [-0.2, -0.15) is 0 Å². The minimum atomic E-state index is -0.126. The van der Waals surface area contributed by atoms with Gasteiger partial charge in [-0.05, 0) is 38.0 Å². The Kier molecular flexibility index (Phi) is 5.49. The molecule has 4 heteroatoms. The minimum Gasteiger partial charge on any atom is -0.484 e. The first-order chi connectivity index (χ1) is 8.11. The largest absolute Gasteiger partial charge is 0.484 e. The molecule has 0 bridgehead atoms. The van der Waals surface area contributed by atoms with E-state index < -0.39 is 0 Å². The van der Waals surface area contributed by atoms with Gasteiger partial charge in [-0.1, -0.05) is 12.1 Å². The first kappa shape index (κ1) is 13.5. The predicted octanol–water partition coefficient (Wildman–Crippen LogP) is 1.12. The van der Waals surface area contributed by atoms with Crippen LogP contribution in [0.15, 0.2) is 24.3 Å². The molecule has 0 radical (unpaired) electrons. The highest BCUT2D eigenvalue weighted by atomic mass is 16.5. The number of ether oxygens (including phenoxy) is 1. The summed E-state index contributed by atoms with van der Waals surface area (Å²) >= 11 is 0. The number of hydrogen-bond acceptors (Lipinski definition) is 3. The molecule has 0 unspecified atom stereocenters. The fourth-order valence-corrected chi connectivity index (χ4v) is 1.39. The molecule has 0 spiro atoms. The summed E-state index contributed by atoms with van der Waals surface area (Å²) in [4.78, 5) is 11.3. The molecule has 0 saturated heterocycles. The molecule has 0 heterocycles. The Hall–Kier alpha value is -1.55. The highest BCUT2D eigenvalue weighted by molar-refractivity contribution is 5.77. The topological polar surface area (TPSA) is 58.6 Å². The number of rotatable bonds is 6. The van der Waals surface area contributed by atoms with Crippen molar-refractivity contribution in [1.82, 2.24) is 5.32 Å². The monoisotopic (exact) mass is 237 g/mol. The number of aliphatic hydroxyl groups is 1. The van der Waals surface area contributed by atoms with Gasteiger partial charge in [0, 0.05) is 12.6 Å². The maximum Gasteiger partial charge on any atom is 0.258 e. The maximum absolute atomic E-state index is 11.3. The quantitative estimate of drug-likeness (QED) is 0.779. The summed E-state index contributed by atoms with van der Waals surface area (Å²) in [7, 11) is 0. The summed E-state index contributed by atoms with van der Waals surface area (Å²) in [6, 6.07) is 7.48. The normalized spacial score (nSPS) is 10.4. The zero-order valence-corrected chi connectivity index (χ0v) is 10.3. The molecule has 0 aliphatic carbocycles. The molecule has 17 heavy (non-hydrogen) atoms. The van der Waals surface area contributed by atoms with Crippen LogP contribution in [0.1, 0.15) is 19.4 Å². The molecule has 0 fully saturated rings. The average Bonchev–Trinajstić information content (AvgIpc) is 2.28. The zero-order valence-electron chi connectivity index (χ0n) is 10.3. The second-order valence-corrected chi connectivity index (χ2v) is 4.13. The van der Waals surface area contributed by atoms with Crippen molar-refractivity contribution in [3.63, 3.8) is 0 Å². The smallest absolute Gasteiger partial charge is 0.258 e. The predicted molar refractivity (Wildman–Crippen MR) is 66.0 cm³/mol. The van der Waals surface area contributed by atoms with Gasteiger partial charge in [-0.15, -0.1) is 0 Å². The van der Waals surface area contributed by atoms with Crippen molar-refractivity contribution in [2.24, 2.45) is 0 Å². The van der Waals surface area contributed by atoms with E-state index in [1.165, 1.54) is 0 Å². The zero-order chi connectivity index (χ0) is 12.7. The minimum absolute atomic E-state index is 0.0253. The number of amides is 1. The van der Waals surface area contributed by atoms with Crippen LogP contribution < -0.4 is 10.1 Å². The van der Waals surface area contributed by atoms with Gasteiger partial charge in [0.25, 0.3) is 5.91 Å². The van der Waals surface area contributed by atoms with Crippen molar-refractivity contribution in [2.75, 3.05) is 13.2 Å². The fraction of sp³-hybridized carbons (Fsp3) is 0.462. The molecule has 0 atom stereocenters. The van der Waals surface area contributed by atoms with Crippen molar-refractivity contribution in [1.29, 1.82) is 0 Å². The Bertz CT molecular complexity index is 346. The molecule has 1 rings (SSSR count). The average molecular weight is 237 g/mol. The van der Waals surface area contributed by atoms with Crippen LogP contribution in [0.2, 0.25) is 0 Å². The number of benzene rings is 1. The first-order valence-electron chi connectivity index (χ1n) is 5.74. The Morgan fingerprint density at radius 3 is 2.53 bits per heavy atom. The molecule has 0 aromatic heterocycles. The number of carbonyl (C=O) groups excluding carboxylic acids is 1. The maximum atomic E-state index is 11.3. The lowest BCUT2D eigenvalue weighted by Crippen LogP contribution is -2.34. The molecule has 4 nitrogen and oxygen atoms in total. The van der Waals surface area contributed by atoms with E-state index in [-0.39, 0.29) is 25.2 Å². The van der Waals surface area contributed by atoms with Gasteiger partial charge >= 0.3 is 0 Å². The van der Waals surface area contributed by atoms with E-state index in [0.717, 1.165) is 5.56 Å². The molecule has 2 N–H and O–H groups in total. The molecule has 1 aromatic rings. The third-order valence-corrected chi connectivity index (χ3v) is 2.14. The Morgan fingerprint density at radius 2 is 2.00 bits per heavy atom. The number of nitrogens with one attached hydrogen (secondary N) is 1. The molecule has 1 amide bonds. The summed E-state index contributed by atoms with van der Waals surface area (Å²) in [5.41, 5.74) is 1.05. The highest BCUT2D eigenvalue weighted by Gasteiger charge is 2.04. The number of hydrogen-bond donors (Lipinski definition) is 2. The van der Waals surface area contributed by atoms with Crippen molar-refractivity contribution in [3.8, 4) is 5.75 Å². The van der Waals surface area contributed by atoms with Crippen molar-refractivity contribution >= 4 is 5.91 Å². The van der Waals surface area contributed by atoms with E-state index >= 15 is 0 Å². The summed E-state index contributed by atoms with van der Waals surface area (Å²) in [6.45, 7) is 3.97. The summed E-state index contributed by atoms with van der Waals surface area (Å²) in [6.07, 6.45) is 0.633. The van der Waals surface area contributed by atoms with Crippen LogP contribution in [-0.4, -0.2) is 30.3 Å². The van der Waals surface area contributed by atoms with Gasteiger partial charge in [0.2, 0.25) is 0 Å². The van der Waals surface area contributed by atoms with E-state index in [0.29, 0.717) is 12.2 Å². The van der Waals surface area contributed by atoms with E-state index in [9.17, 15) is 4.79 Å². The summed E-state index contributed by atoms with van der Waals surface area (Å²) in [5.74, 6) is 0.532. The molecule has 1 aromatic carbocycles. The van der Waals surface area contributed by atoms with Gasteiger partial charge in [-0.3, -0.25) is 4.79 Å². The van der Waals surface area contributed by atoms with Crippen molar-refractivity contribution < 1.29 is 14.6 Å². The lowest BCUT2D eigenvalue weighted by molar-refractivity contribution is -0.123.